The van der Waals surface area contributed by atoms with Gasteiger partial charge >= 0.3 is 11.1 Å². The van der Waals surface area contributed by atoms with Crippen LogP contribution in [0.25, 0.3) is 11.0 Å². The first-order valence-electron chi connectivity index (χ1n) is 8.71. The number of likely N-dealkylation sites (tertiary alicyclic amines) is 1. The Bertz CT molecular complexity index is 1160. The third-order valence-electron chi connectivity index (χ3n) is 5.15. The minimum absolute atomic E-state index is 0.205. The minimum Gasteiger partial charge on any atom is -0.383 e. The molecule has 7 nitrogen and oxygen atoms in total. The summed E-state index contributed by atoms with van der Waals surface area (Å²) in [6, 6.07) is 12.4. The van der Waals surface area contributed by atoms with E-state index in [9.17, 15) is 19.5 Å². The maximum atomic E-state index is 12.9. The summed E-state index contributed by atoms with van der Waals surface area (Å²) in [6.45, 7) is 2.58. The first kappa shape index (κ1) is 17.2. The maximum absolute atomic E-state index is 12.9. The molecule has 1 aliphatic rings. The Morgan fingerprint density at radius 2 is 1.78 bits per heavy atom. The molecule has 1 fully saturated rings. The van der Waals surface area contributed by atoms with Gasteiger partial charge in [0, 0.05) is 12.1 Å². The minimum atomic E-state index is -1.07. The summed E-state index contributed by atoms with van der Waals surface area (Å²) in [5.74, 6) is -0.228. The number of benzene rings is 2. The molecule has 27 heavy (non-hydrogen) atoms. The number of amides is 1. The summed E-state index contributed by atoms with van der Waals surface area (Å²) >= 11 is 0. The summed E-state index contributed by atoms with van der Waals surface area (Å²) < 4.78 is 0. The van der Waals surface area contributed by atoms with Crippen molar-refractivity contribution >= 4 is 16.9 Å². The molecule has 4 rings (SSSR count). The summed E-state index contributed by atoms with van der Waals surface area (Å²) in [7, 11) is 0. The number of H-pyrrole nitrogens is 2. The van der Waals surface area contributed by atoms with Crippen molar-refractivity contribution in [3.05, 3.63) is 79.9 Å². The van der Waals surface area contributed by atoms with Gasteiger partial charge in [-0.25, -0.2) is 0 Å². The van der Waals surface area contributed by atoms with Crippen LogP contribution in [-0.2, 0) is 5.60 Å². The molecule has 0 spiro atoms. The van der Waals surface area contributed by atoms with Crippen LogP contribution in [0.3, 0.4) is 0 Å². The van der Waals surface area contributed by atoms with Crippen LogP contribution >= 0.6 is 0 Å². The van der Waals surface area contributed by atoms with Crippen LogP contribution in [0, 0.1) is 6.92 Å². The van der Waals surface area contributed by atoms with E-state index in [4.69, 9.17) is 0 Å². The number of aromatic nitrogens is 2. The summed E-state index contributed by atoms with van der Waals surface area (Å²) in [5.41, 5.74) is 0.484. The molecule has 7 heteroatoms. The Labute approximate surface area is 154 Å². The fourth-order valence-corrected chi connectivity index (χ4v) is 3.71. The van der Waals surface area contributed by atoms with E-state index >= 15 is 0 Å². The van der Waals surface area contributed by atoms with Crippen LogP contribution < -0.4 is 11.1 Å². The lowest BCUT2D eigenvalue weighted by atomic mass is 9.89. The van der Waals surface area contributed by atoms with Crippen molar-refractivity contribution < 1.29 is 9.90 Å². The predicted molar refractivity (Wildman–Crippen MR) is 101 cm³/mol. The number of nitrogens with zero attached hydrogens (tertiary/aromatic N) is 1. The van der Waals surface area contributed by atoms with Gasteiger partial charge < -0.3 is 20.0 Å². The molecule has 0 saturated carbocycles. The number of hydrogen-bond acceptors (Lipinski definition) is 4. The molecule has 1 amide bonds. The van der Waals surface area contributed by atoms with Gasteiger partial charge in [0.2, 0.25) is 0 Å². The van der Waals surface area contributed by atoms with Crippen LogP contribution in [0.5, 0.6) is 0 Å². The smallest absolute Gasteiger partial charge is 0.314 e. The molecule has 1 aliphatic heterocycles. The normalized spacial score (nSPS) is 19.6. The van der Waals surface area contributed by atoms with E-state index in [1.54, 1.807) is 23.1 Å². The fourth-order valence-electron chi connectivity index (χ4n) is 3.71. The van der Waals surface area contributed by atoms with Crippen LogP contribution in [-0.4, -0.2) is 39.0 Å². The predicted octanol–water partition coefficient (Wildman–Crippen LogP) is 1.26. The number of carbonyl (C=O) groups excluding carboxylic acids is 1. The van der Waals surface area contributed by atoms with Gasteiger partial charge in [0.15, 0.2) is 0 Å². The van der Waals surface area contributed by atoms with Gasteiger partial charge in [0.25, 0.3) is 5.91 Å². The number of fused-ring (bicyclic) bond motifs is 1. The molecule has 2 heterocycles. The molecule has 0 bridgehead atoms. The zero-order chi connectivity index (χ0) is 19.2. The van der Waals surface area contributed by atoms with E-state index in [1.165, 1.54) is 0 Å². The van der Waals surface area contributed by atoms with Gasteiger partial charge in [-0.1, -0.05) is 24.3 Å². The molecule has 0 aliphatic carbocycles. The first-order valence-corrected chi connectivity index (χ1v) is 8.71. The van der Waals surface area contributed by atoms with Crippen molar-refractivity contribution in [2.24, 2.45) is 0 Å². The number of aryl methyl sites for hydroxylation is 1. The summed E-state index contributed by atoms with van der Waals surface area (Å²) in [4.78, 5) is 42.4. The number of nitrogens with one attached hydrogen (secondary N) is 2. The summed E-state index contributed by atoms with van der Waals surface area (Å²) in [6.07, 6.45) is 0.460. The van der Waals surface area contributed by atoms with E-state index in [-0.39, 0.29) is 12.5 Å². The highest BCUT2D eigenvalue weighted by molar-refractivity contribution is 5.97. The summed E-state index contributed by atoms with van der Waals surface area (Å²) in [5, 5.41) is 11.1. The number of carbonyl (C=O) groups is 1. The second kappa shape index (κ2) is 6.21. The Balaban J connectivity index is 1.63. The van der Waals surface area contributed by atoms with E-state index < -0.39 is 16.7 Å². The lowest BCUT2D eigenvalue weighted by Crippen LogP contribution is -2.35. The zero-order valence-corrected chi connectivity index (χ0v) is 14.8. The highest BCUT2D eigenvalue weighted by Gasteiger charge is 2.40. The third-order valence-corrected chi connectivity index (χ3v) is 5.15. The molecular weight excluding hydrogens is 346 g/mol. The molecule has 3 aromatic rings. The molecule has 138 valence electrons. The average molecular weight is 365 g/mol. The van der Waals surface area contributed by atoms with Crippen molar-refractivity contribution in [1.29, 1.82) is 0 Å². The molecule has 0 unspecified atom stereocenters. The molecule has 3 N–H and O–H groups in total. The molecule has 1 aromatic heterocycles. The molecule has 2 aromatic carbocycles. The first-order chi connectivity index (χ1) is 12.9. The topological polar surface area (TPSA) is 106 Å². The Morgan fingerprint density at radius 3 is 2.52 bits per heavy atom. The highest BCUT2D eigenvalue weighted by atomic mass is 16.3. The zero-order valence-electron chi connectivity index (χ0n) is 14.8. The Morgan fingerprint density at radius 1 is 1.07 bits per heavy atom. The lowest BCUT2D eigenvalue weighted by molar-refractivity contribution is 0.0412. The second-order valence-electron chi connectivity index (χ2n) is 6.99. The van der Waals surface area contributed by atoms with Gasteiger partial charge in [0.1, 0.15) is 5.60 Å². The maximum Gasteiger partial charge on any atom is 0.314 e. The largest absolute Gasteiger partial charge is 0.383 e. The monoisotopic (exact) mass is 365 g/mol. The van der Waals surface area contributed by atoms with Gasteiger partial charge in [0.05, 0.1) is 17.6 Å². The quantitative estimate of drug-likeness (QED) is 0.594. The van der Waals surface area contributed by atoms with E-state index in [0.717, 1.165) is 11.1 Å². The van der Waals surface area contributed by atoms with Gasteiger partial charge in [-0.2, -0.15) is 0 Å². The highest BCUT2D eigenvalue weighted by Crippen LogP contribution is 2.34. The molecular formula is C20H19N3O4. The van der Waals surface area contributed by atoms with Crippen LogP contribution in [0.1, 0.15) is 27.9 Å². The molecule has 1 atom stereocenters. The van der Waals surface area contributed by atoms with Gasteiger partial charge in [-0.05, 0) is 42.7 Å². The van der Waals surface area contributed by atoms with Crippen molar-refractivity contribution in [3.63, 3.8) is 0 Å². The van der Waals surface area contributed by atoms with Crippen molar-refractivity contribution in [1.82, 2.24) is 14.9 Å². The lowest BCUT2D eigenvalue weighted by Gasteiger charge is -2.25. The standard InChI is InChI=1S/C20H19N3O4/c1-12-4-2-3-5-14(12)20(27)8-9-23(11-20)19(26)13-6-7-15-16(10-13)22-18(25)17(24)21-15/h2-7,10,27H,8-9,11H2,1H3,(H,21,24)(H,22,25)/t20-/m0/s1. The van der Waals surface area contributed by atoms with Gasteiger partial charge in [-0.15, -0.1) is 0 Å². The fraction of sp³-hybridized carbons (Fsp3) is 0.250. The Hall–Kier alpha value is -3.19. The van der Waals surface area contributed by atoms with Crippen molar-refractivity contribution in [2.45, 2.75) is 18.9 Å². The van der Waals surface area contributed by atoms with E-state index in [0.29, 0.717) is 29.6 Å². The van der Waals surface area contributed by atoms with E-state index in [1.807, 2.05) is 31.2 Å². The SMILES string of the molecule is Cc1ccccc1[C@]1(O)CCN(C(=O)c2ccc3[nH]c(=O)c(=O)[nH]c3c2)C1. The van der Waals surface area contributed by atoms with E-state index in [2.05, 4.69) is 9.97 Å². The number of aromatic amines is 2. The number of hydrogen-bond donors (Lipinski definition) is 3. The second-order valence-corrected chi connectivity index (χ2v) is 6.99. The third kappa shape index (κ3) is 2.96. The number of aliphatic hydroxyl groups is 1. The number of rotatable bonds is 2. The molecule has 1 saturated heterocycles. The number of β-amino-alcohol motifs (C(OH)–C–C–N with tert-alkyl or cyclic N) is 1. The van der Waals surface area contributed by atoms with Crippen molar-refractivity contribution in [2.75, 3.05) is 13.1 Å². The average Bonchev–Trinajstić information content (AvgIpc) is 3.05. The van der Waals surface area contributed by atoms with Crippen LogP contribution in [0.2, 0.25) is 0 Å². The van der Waals surface area contributed by atoms with Crippen LogP contribution in [0.15, 0.2) is 52.1 Å². The van der Waals surface area contributed by atoms with Gasteiger partial charge in [-0.3, -0.25) is 14.4 Å². The molecule has 0 radical (unpaired) electrons. The Kier molecular flexibility index (Phi) is 3.96. The van der Waals surface area contributed by atoms with Crippen LogP contribution in [0.4, 0.5) is 0 Å². The van der Waals surface area contributed by atoms with Crippen molar-refractivity contribution in [3.8, 4) is 0 Å².